The van der Waals surface area contributed by atoms with Crippen LogP contribution in [0.15, 0.2) is 24.3 Å². The highest BCUT2D eigenvalue weighted by atomic mass is 19.4. The Hall–Kier alpha value is -3.70. The molecular formula is C19H19F3N6O3. The summed E-state index contributed by atoms with van der Waals surface area (Å²) in [6.45, 7) is 3.67. The molecule has 3 aromatic rings. The number of halogens is 3. The first-order chi connectivity index (χ1) is 14.5. The third kappa shape index (κ3) is 4.57. The second-order valence-electron chi connectivity index (χ2n) is 6.89. The summed E-state index contributed by atoms with van der Waals surface area (Å²) in [7, 11) is 1.73. The molecule has 0 aliphatic heterocycles. The molecule has 1 amide bonds. The molecule has 12 heteroatoms. The molecule has 0 aliphatic carbocycles. The van der Waals surface area contributed by atoms with Crippen LogP contribution in [0.1, 0.15) is 27.3 Å². The van der Waals surface area contributed by atoms with Gasteiger partial charge >= 0.3 is 6.18 Å². The molecule has 0 unspecified atom stereocenters. The number of pyridine rings is 1. The van der Waals surface area contributed by atoms with Gasteiger partial charge in [-0.3, -0.25) is 19.6 Å². The number of anilines is 1. The van der Waals surface area contributed by atoms with Gasteiger partial charge in [0.25, 0.3) is 11.6 Å². The summed E-state index contributed by atoms with van der Waals surface area (Å²) in [5, 5.41) is 21.4. The van der Waals surface area contributed by atoms with E-state index in [2.05, 4.69) is 20.7 Å². The van der Waals surface area contributed by atoms with Crippen molar-refractivity contribution in [2.24, 2.45) is 7.05 Å². The summed E-state index contributed by atoms with van der Waals surface area (Å²) in [5.41, 5.74) is 0.376. The Kier molecular flexibility index (Phi) is 5.82. The number of nitro groups is 1. The molecule has 0 radical (unpaired) electrons. The highest BCUT2D eigenvalue weighted by Crippen LogP contribution is 2.34. The number of amides is 1. The molecule has 0 aliphatic rings. The Morgan fingerprint density at radius 1 is 1.23 bits per heavy atom. The first-order valence-corrected chi connectivity index (χ1v) is 9.17. The number of nitrogens with zero attached hydrogens (tertiary/aromatic N) is 4. The molecule has 164 valence electrons. The number of fused-ring (bicyclic) bond motifs is 1. The number of benzene rings is 1. The summed E-state index contributed by atoms with van der Waals surface area (Å²) < 4.78 is 39.9. The molecule has 2 heterocycles. The van der Waals surface area contributed by atoms with Crippen LogP contribution in [0.3, 0.4) is 0 Å². The van der Waals surface area contributed by atoms with E-state index < -0.39 is 22.4 Å². The van der Waals surface area contributed by atoms with Gasteiger partial charge in [0.05, 0.1) is 27.1 Å². The minimum atomic E-state index is -4.68. The topological polar surface area (TPSA) is 115 Å². The van der Waals surface area contributed by atoms with Gasteiger partial charge in [-0.2, -0.15) is 18.3 Å². The van der Waals surface area contributed by atoms with E-state index in [1.165, 1.54) is 0 Å². The lowest BCUT2D eigenvalue weighted by Crippen LogP contribution is -2.29. The van der Waals surface area contributed by atoms with Crippen LogP contribution in [-0.2, 0) is 13.2 Å². The van der Waals surface area contributed by atoms with Crippen LogP contribution in [0.25, 0.3) is 11.0 Å². The molecule has 31 heavy (non-hydrogen) atoms. The smallest absolute Gasteiger partial charge is 0.378 e. The van der Waals surface area contributed by atoms with Gasteiger partial charge in [0.1, 0.15) is 5.69 Å². The fourth-order valence-corrected chi connectivity index (χ4v) is 3.23. The SMILES string of the molecule is Cc1cc(C(=O)NCCNc2ccc(C(F)(F)F)cc2[N+](=O)[O-])c2c(C)nn(C)c2n1. The molecule has 0 bridgehead atoms. The third-order valence-corrected chi connectivity index (χ3v) is 4.59. The van der Waals surface area contributed by atoms with E-state index in [1.807, 2.05) is 0 Å². The van der Waals surface area contributed by atoms with Crippen molar-refractivity contribution in [3.8, 4) is 0 Å². The van der Waals surface area contributed by atoms with Gasteiger partial charge in [0, 0.05) is 31.9 Å². The van der Waals surface area contributed by atoms with Crippen molar-refractivity contribution in [3.05, 3.63) is 56.9 Å². The number of aromatic nitrogens is 3. The highest BCUT2D eigenvalue weighted by molar-refractivity contribution is 6.06. The fourth-order valence-electron chi connectivity index (χ4n) is 3.23. The predicted octanol–water partition coefficient (Wildman–Crippen LogP) is 3.35. The summed E-state index contributed by atoms with van der Waals surface area (Å²) in [5.74, 6) is -0.379. The molecule has 2 N–H and O–H groups in total. The van der Waals surface area contributed by atoms with E-state index in [4.69, 9.17) is 0 Å². The van der Waals surface area contributed by atoms with Crippen molar-refractivity contribution < 1.29 is 22.9 Å². The number of hydrogen-bond acceptors (Lipinski definition) is 6. The molecule has 0 atom stereocenters. The molecule has 0 fully saturated rings. The van der Waals surface area contributed by atoms with Crippen LogP contribution < -0.4 is 10.6 Å². The van der Waals surface area contributed by atoms with Gasteiger partial charge in [0.15, 0.2) is 5.65 Å². The molecular weight excluding hydrogens is 417 g/mol. The van der Waals surface area contributed by atoms with Crippen molar-refractivity contribution in [2.75, 3.05) is 18.4 Å². The number of carbonyl (C=O) groups excluding carboxylic acids is 1. The largest absolute Gasteiger partial charge is 0.416 e. The van der Waals surface area contributed by atoms with Gasteiger partial charge in [-0.15, -0.1) is 0 Å². The van der Waals surface area contributed by atoms with Crippen molar-refractivity contribution in [1.29, 1.82) is 0 Å². The second kappa shape index (κ2) is 8.20. The van der Waals surface area contributed by atoms with E-state index in [0.717, 1.165) is 12.1 Å². The number of hydrogen-bond donors (Lipinski definition) is 2. The average molecular weight is 436 g/mol. The van der Waals surface area contributed by atoms with Gasteiger partial charge < -0.3 is 10.6 Å². The zero-order valence-electron chi connectivity index (χ0n) is 16.9. The molecule has 1 aromatic carbocycles. The van der Waals surface area contributed by atoms with E-state index in [1.54, 1.807) is 31.6 Å². The number of aryl methyl sites for hydroxylation is 3. The van der Waals surface area contributed by atoms with E-state index in [9.17, 15) is 28.1 Å². The second-order valence-corrected chi connectivity index (χ2v) is 6.89. The monoisotopic (exact) mass is 436 g/mol. The van der Waals surface area contributed by atoms with E-state index in [0.29, 0.717) is 34.1 Å². The number of nitrogens with one attached hydrogen (secondary N) is 2. The number of carbonyl (C=O) groups is 1. The first-order valence-electron chi connectivity index (χ1n) is 9.17. The van der Waals surface area contributed by atoms with E-state index in [-0.39, 0.29) is 24.7 Å². The Labute approximate surface area is 174 Å². The Morgan fingerprint density at radius 2 is 1.94 bits per heavy atom. The highest BCUT2D eigenvalue weighted by Gasteiger charge is 2.33. The van der Waals surface area contributed by atoms with Crippen LogP contribution in [0.5, 0.6) is 0 Å². The average Bonchev–Trinajstić information content (AvgIpc) is 2.97. The maximum absolute atomic E-state index is 12.8. The quantitative estimate of drug-likeness (QED) is 0.348. The summed E-state index contributed by atoms with van der Waals surface area (Å²) in [6.07, 6.45) is -4.68. The molecule has 0 saturated heterocycles. The summed E-state index contributed by atoms with van der Waals surface area (Å²) in [4.78, 5) is 27.3. The normalized spacial score (nSPS) is 11.5. The number of rotatable bonds is 6. The van der Waals surface area contributed by atoms with Crippen molar-refractivity contribution in [3.63, 3.8) is 0 Å². The molecule has 2 aromatic heterocycles. The van der Waals surface area contributed by atoms with Crippen LogP contribution in [0, 0.1) is 24.0 Å². The molecule has 0 spiro atoms. The maximum atomic E-state index is 12.8. The number of alkyl halides is 3. The minimum absolute atomic E-state index is 0.0666. The van der Waals surface area contributed by atoms with Crippen molar-refractivity contribution >= 4 is 28.3 Å². The third-order valence-electron chi connectivity index (χ3n) is 4.59. The Bertz CT molecular complexity index is 1170. The lowest BCUT2D eigenvalue weighted by atomic mass is 10.1. The van der Waals surface area contributed by atoms with Crippen LogP contribution in [0.2, 0.25) is 0 Å². The van der Waals surface area contributed by atoms with Crippen molar-refractivity contribution in [1.82, 2.24) is 20.1 Å². The van der Waals surface area contributed by atoms with Crippen molar-refractivity contribution in [2.45, 2.75) is 20.0 Å². The van der Waals surface area contributed by atoms with Crippen LogP contribution in [0.4, 0.5) is 24.5 Å². The van der Waals surface area contributed by atoms with Gasteiger partial charge in [-0.25, -0.2) is 4.98 Å². The van der Waals surface area contributed by atoms with Gasteiger partial charge in [-0.05, 0) is 32.0 Å². The summed E-state index contributed by atoms with van der Waals surface area (Å²) >= 11 is 0. The predicted molar refractivity (Wildman–Crippen MR) is 107 cm³/mol. The maximum Gasteiger partial charge on any atom is 0.416 e. The zero-order chi connectivity index (χ0) is 22.9. The van der Waals surface area contributed by atoms with E-state index >= 15 is 0 Å². The number of nitro benzene ring substituents is 1. The Balaban J connectivity index is 1.70. The van der Waals surface area contributed by atoms with Crippen LogP contribution >= 0.6 is 0 Å². The van der Waals surface area contributed by atoms with Crippen LogP contribution in [-0.4, -0.2) is 38.7 Å². The fraction of sp³-hybridized carbons (Fsp3) is 0.316. The first kappa shape index (κ1) is 22.0. The Morgan fingerprint density at radius 3 is 2.58 bits per heavy atom. The minimum Gasteiger partial charge on any atom is -0.378 e. The zero-order valence-corrected chi connectivity index (χ0v) is 16.9. The van der Waals surface area contributed by atoms with Gasteiger partial charge in [0.2, 0.25) is 0 Å². The molecule has 3 rings (SSSR count). The van der Waals surface area contributed by atoms with Gasteiger partial charge in [-0.1, -0.05) is 0 Å². The molecule has 0 saturated carbocycles. The summed E-state index contributed by atoms with van der Waals surface area (Å²) in [6, 6.07) is 3.87. The lowest BCUT2D eigenvalue weighted by Gasteiger charge is -2.11. The standard InChI is InChI=1S/C19H19F3N6O3/c1-10-8-13(16-11(2)26-27(3)17(16)25-10)18(29)24-7-6-23-14-5-4-12(19(20,21)22)9-15(14)28(30)31/h4-5,8-9,23H,6-7H2,1-3H3,(H,24,29). The lowest BCUT2D eigenvalue weighted by molar-refractivity contribution is -0.384. The molecule has 9 nitrogen and oxygen atoms in total.